The maximum Gasteiger partial charge on any atom is 0.223 e. The molecule has 0 spiro atoms. The van der Waals surface area contributed by atoms with Crippen molar-refractivity contribution in [3.63, 3.8) is 0 Å². The summed E-state index contributed by atoms with van der Waals surface area (Å²) in [5.41, 5.74) is 0. The van der Waals surface area contributed by atoms with Crippen LogP contribution >= 0.6 is 11.6 Å². The molecule has 1 heterocycles. The third-order valence-electron chi connectivity index (χ3n) is 2.31. The summed E-state index contributed by atoms with van der Waals surface area (Å²) in [6.45, 7) is 0.624. The van der Waals surface area contributed by atoms with Gasteiger partial charge in [0.25, 0.3) is 0 Å². The second kappa shape index (κ2) is 6.75. The van der Waals surface area contributed by atoms with Crippen LogP contribution in [0.15, 0.2) is 30.6 Å². The number of rotatable bonds is 6. The molecule has 0 unspecified atom stereocenters. The summed E-state index contributed by atoms with van der Waals surface area (Å²) in [4.78, 5) is 15.4. The molecule has 2 N–H and O–H groups in total. The molecule has 100 valence electrons. The highest BCUT2D eigenvalue weighted by Crippen LogP contribution is 2.16. The summed E-state index contributed by atoms with van der Waals surface area (Å²) in [6, 6.07) is 7.05. The highest BCUT2D eigenvalue weighted by atomic mass is 35.5. The number of H-pyrrole nitrogens is 1. The van der Waals surface area contributed by atoms with Crippen molar-refractivity contribution in [3.05, 3.63) is 41.4 Å². The predicted molar refractivity (Wildman–Crippen MR) is 69.8 cm³/mol. The Kier molecular flexibility index (Phi) is 4.74. The fourth-order valence-electron chi connectivity index (χ4n) is 1.41. The molecular formula is C12H13ClN4O2. The van der Waals surface area contributed by atoms with Gasteiger partial charge in [0.15, 0.2) is 0 Å². The second-order valence-electron chi connectivity index (χ2n) is 3.76. The summed E-state index contributed by atoms with van der Waals surface area (Å²) in [5, 5.41) is 9.65. The lowest BCUT2D eigenvalue weighted by atomic mass is 10.3. The van der Waals surface area contributed by atoms with Crippen molar-refractivity contribution >= 4 is 17.5 Å². The SMILES string of the molecule is O=C(CCOc1cccc(Cl)c1)NCc1ncn[nH]1. The molecule has 1 amide bonds. The number of carbonyl (C=O) groups is 1. The van der Waals surface area contributed by atoms with E-state index in [1.165, 1.54) is 6.33 Å². The molecular weight excluding hydrogens is 268 g/mol. The number of halogens is 1. The van der Waals surface area contributed by atoms with Crippen molar-refractivity contribution in [1.82, 2.24) is 20.5 Å². The van der Waals surface area contributed by atoms with Crippen LogP contribution in [0.3, 0.4) is 0 Å². The number of benzene rings is 1. The number of ether oxygens (including phenoxy) is 1. The van der Waals surface area contributed by atoms with E-state index in [0.29, 0.717) is 29.7 Å². The van der Waals surface area contributed by atoms with Crippen LogP contribution in [-0.2, 0) is 11.3 Å². The third kappa shape index (κ3) is 4.59. The van der Waals surface area contributed by atoms with E-state index in [1.807, 2.05) is 0 Å². The lowest BCUT2D eigenvalue weighted by molar-refractivity contribution is -0.121. The molecule has 0 radical (unpaired) electrons. The van der Waals surface area contributed by atoms with Gasteiger partial charge in [0.05, 0.1) is 19.6 Å². The van der Waals surface area contributed by atoms with Crippen LogP contribution in [0.4, 0.5) is 0 Å². The van der Waals surface area contributed by atoms with Gasteiger partial charge in [-0.2, -0.15) is 5.10 Å². The van der Waals surface area contributed by atoms with Crippen LogP contribution in [0.1, 0.15) is 12.2 Å². The number of nitrogens with zero attached hydrogens (tertiary/aromatic N) is 2. The van der Waals surface area contributed by atoms with Crippen LogP contribution in [-0.4, -0.2) is 27.7 Å². The van der Waals surface area contributed by atoms with Crippen molar-refractivity contribution < 1.29 is 9.53 Å². The molecule has 6 nitrogen and oxygen atoms in total. The zero-order valence-electron chi connectivity index (χ0n) is 10.1. The Labute approximate surface area is 115 Å². The van der Waals surface area contributed by atoms with Crippen molar-refractivity contribution in [1.29, 1.82) is 0 Å². The Balaban J connectivity index is 1.66. The molecule has 0 bridgehead atoms. The van der Waals surface area contributed by atoms with E-state index in [9.17, 15) is 4.79 Å². The van der Waals surface area contributed by atoms with Crippen LogP contribution in [0.2, 0.25) is 5.02 Å². The van der Waals surface area contributed by atoms with Crippen LogP contribution in [0, 0.1) is 0 Å². The topological polar surface area (TPSA) is 79.9 Å². The second-order valence-corrected chi connectivity index (χ2v) is 4.20. The van der Waals surface area contributed by atoms with E-state index in [1.54, 1.807) is 24.3 Å². The Morgan fingerprint density at radius 3 is 3.11 bits per heavy atom. The van der Waals surface area contributed by atoms with Gasteiger partial charge in [-0.25, -0.2) is 4.98 Å². The average molecular weight is 281 g/mol. The van der Waals surface area contributed by atoms with E-state index in [-0.39, 0.29) is 12.3 Å². The first-order valence-corrected chi connectivity index (χ1v) is 6.11. The van der Waals surface area contributed by atoms with E-state index in [4.69, 9.17) is 16.3 Å². The number of hydrogen-bond acceptors (Lipinski definition) is 4. The number of nitrogens with one attached hydrogen (secondary N) is 2. The van der Waals surface area contributed by atoms with E-state index in [2.05, 4.69) is 20.5 Å². The molecule has 0 atom stereocenters. The Morgan fingerprint density at radius 1 is 1.47 bits per heavy atom. The molecule has 0 aliphatic carbocycles. The van der Waals surface area contributed by atoms with Crippen molar-refractivity contribution in [2.24, 2.45) is 0 Å². The number of aromatic amines is 1. The lowest BCUT2D eigenvalue weighted by Crippen LogP contribution is -2.24. The summed E-state index contributed by atoms with van der Waals surface area (Å²) >= 11 is 5.82. The molecule has 7 heteroatoms. The number of aromatic nitrogens is 3. The minimum absolute atomic E-state index is 0.113. The maximum absolute atomic E-state index is 11.5. The summed E-state index contributed by atoms with van der Waals surface area (Å²) in [5.74, 6) is 1.15. The molecule has 1 aromatic heterocycles. The van der Waals surface area contributed by atoms with Gasteiger partial charge >= 0.3 is 0 Å². The van der Waals surface area contributed by atoms with E-state index in [0.717, 1.165) is 0 Å². The minimum Gasteiger partial charge on any atom is -0.493 e. The fourth-order valence-corrected chi connectivity index (χ4v) is 1.59. The van der Waals surface area contributed by atoms with Crippen molar-refractivity contribution in [2.75, 3.05) is 6.61 Å². The smallest absolute Gasteiger partial charge is 0.223 e. The van der Waals surface area contributed by atoms with Crippen molar-refractivity contribution in [3.8, 4) is 5.75 Å². The van der Waals surface area contributed by atoms with Crippen LogP contribution < -0.4 is 10.1 Å². The average Bonchev–Trinajstić information content (AvgIpc) is 2.89. The molecule has 1 aromatic carbocycles. The van der Waals surface area contributed by atoms with Gasteiger partial charge in [-0.15, -0.1) is 0 Å². The van der Waals surface area contributed by atoms with Gasteiger partial charge in [0.2, 0.25) is 5.91 Å². The first-order chi connectivity index (χ1) is 9.24. The largest absolute Gasteiger partial charge is 0.493 e. The van der Waals surface area contributed by atoms with Gasteiger partial charge < -0.3 is 10.1 Å². The predicted octanol–water partition coefficient (Wildman–Crippen LogP) is 1.54. The first kappa shape index (κ1) is 13.4. The Bertz CT molecular complexity index is 530. The lowest BCUT2D eigenvalue weighted by Gasteiger charge is -2.06. The quantitative estimate of drug-likeness (QED) is 0.841. The Hall–Kier alpha value is -2.08. The van der Waals surface area contributed by atoms with Gasteiger partial charge in [0, 0.05) is 5.02 Å². The molecule has 0 aliphatic heterocycles. The molecule has 2 aromatic rings. The summed E-state index contributed by atoms with van der Waals surface area (Å²) < 4.78 is 5.41. The number of amides is 1. The zero-order valence-corrected chi connectivity index (χ0v) is 10.9. The highest BCUT2D eigenvalue weighted by Gasteiger charge is 2.03. The molecule has 0 saturated carbocycles. The van der Waals surface area contributed by atoms with Gasteiger partial charge in [0.1, 0.15) is 17.9 Å². The molecule has 2 rings (SSSR count). The van der Waals surface area contributed by atoms with Crippen LogP contribution in [0.25, 0.3) is 0 Å². The van der Waals surface area contributed by atoms with E-state index < -0.39 is 0 Å². The van der Waals surface area contributed by atoms with Crippen LogP contribution in [0.5, 0.6) is 5.75 Å². The summed E-state index contributed by atoms with van der Waals surface area (Å²) in [7, 11) is 0. The highest BCUT2D eigenvalue weighted by molar-refractivity contribution is 6.30. The van der Waals surface area contributed by atoms with Gasteiger partial charge in [-0.05, 0) is 18.2 Å². The van der Waals surface area contributed by atoms with E-state index >= 15 is 0 Å². The number of hydrogen-bond donors (Lipinski definition) is 2. The fraction of sp³-hybridized carbons (Fsp3) is 0.250. The Morgan fingerprint density at radius 2 is 2.37 bits per heavy atom. The standard InChI is InChI=1S/C12H13ClN4O2/c13-9-2-1-3-10(6-9)19-5-4-12(18)14-7-11-15-8-16-17-11/h1-3,6,8H,4-5,7H2,(H,14,18)(H,15,16,17). The molecule has 19 heavy (non-hydrogen) atoms. The van der Waals surface area contributed by atoms with Gasteiger partial charge in [-0.1, -0.05) is 17.7 Å². The van der Waals surface area contributed by atoms with Gasteiger partial charge in [-0.3, -0.25) is 9.89 Å². The molecule has 0 fully saturated rings. The maximum atomic E-state index is 11.5. The zero-order chi connectivity index (χ0) is 13.5. The normalized spacial score (nSPS) is 10.2. The number of carbonyl (C=O) groups excluding carboxylic acids is 1. The summed E-state index contributed by atoms with van der Waals surface area (Å²) in [6.07, 6.45) is 1.66. The molecule has 0 saturated heterocycles. The minimum atomic E-state index is -0.113. The van der Waals surface area contributed by atoms with Crippen molar-refractivity contribution in [2.45, 2.75) is 13.0 Å². The molecule has 0 aliphatic rings. The third-order valence-corrected chi connectivity index (χ3v) is 2.55. The first-order valence-electron chi connectivity index (χ1n) is 5.73. The monoisotopic (exact) mass is 280 g/mol.